The van der Waals surface area contributed by atoms with Crippen molar-refractivity contribution in [2.75, 3.05) is 7.05 Å². The van der Waals surface area contributed by atoms with Crippen molar-refractivity contribution in [1.29, 1.82) is 0 Å². The summed E-state index contributed by atoms with van der Waals surface area (Å²) >= 11 is 6.24. The second-order valence-electron chi connectivity index (χ2n) is 5.60. The SMILES string of the molecule is Cc1noc(-c2ccccc2Cl)c1C(=O)N(C)Cc1ccccc1. The summed E-state index contributed by atoms with van der Waals surface area (Å²) in [7, 11) is 1.76. The normalized spacial score (nSPS) is 10.6. The van der Waals surface area contributed by atoms with Gasteiger partial charge >= 0.3 is 0 Å². The maximum atomic E-state index is 12.9. The second-order valence-corrected chi connectivity index (χ2v) is 6.01. The largest absolute Gasteiger partial charge is 0.355 e. The average molecular weight is 341 g/mol. The molecule has 1 amide bonds. The number of carbonyl (C=O) groups excluding carboxylic acids is 1. The van der Waals surface area contributed by atoms with Crippen LogP contribution in [0.5, 0.6) is 0 Å². The van der Waals surface area contributed by atoms with Crippen molar-refractivity contribution >= 4 is 17.5 Å². The van der Waals surface area contributed by atoms with E-state index in [1.54, 1.807) is 24.9 Å². The van der Waals surface area contributed by atoms with E-state index in [1.807, 2.05) is 48.5 Å². The van der Waals surface area contributed by atoms with E-state index in [0.29, 0.717) is 34.1 Å². The Morgan fingerprint density at radius 2 is 1.79 bits per heavy atom. The van der Waals surface area contributed by atoms with E-state index in [4.69, 9.17) is 16.1 Å². The van der Waals surface area contributed by atoms with Crippen LogP contribution in [0, 0.1) is 6.92 Å². The topological polar surface area (TPSA) is 46.3 Å². The monoisotopic (exact) mass is 340 g/mol. The predicted octanol–water partition coefficient (Wildman–Crippen LogP) is 4.58. The van der Waals surface area contributed by atoms with Crippen LogP contribution in [0.1, 0.15) is 21.6 Å². The lowest BCUT2D eigenvalue weighted by Crippen LogP contribution is -2.26. The van der Waals surface area contributed by atoms with Gasteiger partial charge in [0.25, 0.3) is 5.91 Å². The molecule has 0 spiro atoms. The van der Waals surface area contributed by atoms with Gasteiger partial charge < -0.3 is 9.42 Å². The fourth-order valence-corrected chi connectivity index (χ4v) is 2.79. The van der Waals surface area contributed by atoms with Crippen molar-refractivity contribution in [2.45, 2.75) is 13.5 Å². The molecule has 3 aromatic rings. The molecule has 0 radical (unpaired) electrons. The minimum atomic E-state index is -0.146. The van der Waals surface area contributed by atoms with Crippen LogP contribution in [-0.2, 0) is 6.54 Å². The van der Waals surface area contributed by atoms with Gasteiger partial charge in [-0.1, -0.05) is 59.2 Å². The van der Waals surface area contributed by atoms with Crippen LogP contribution < -0.4 is 0 Å². The van der Waals surface area contributed by atoms with Crippen LogP contribution >= 0.6 is 11.6 Å². The number of amides is 1. The third-order valence-corrected chi connectivity index (χ3v) is 4.13. The first-order valence-corrected chi connectivity index (χ1v) is 7.96. The average Bonchev–Trinajstić information content (AvgIpc) is 2.97. The Balaban J connectivity index is 1.93. The van der Waals surface area contributed by atoms with Crippen LogP contribution in [0.4, 0.5) is 0 Å². The van der Waals surface area contributed by atoms with Crippen LogP contribution in [0.15, 0.2) is 59.1 Å². The molecule has 24 heavy (non-hydrogen) atoms. The Morgan fingerprint density at radius 3 is 2.50 bits per heavy atom. The molecule has 0 saturated heterocycles. The number of carbonyl (C=O) groups is 1. The fraction of sp³-hybridized carbons (Fsp3) is 0.158. The third kappa shape index (κ3) is 3.19. The molecule has 1 aromatic heterocycles. The molecular weight excluding hydrogens is 324 g/mol. The molecule has 0 aliphatic carbocycles. The standard InChI is InChI=1S/C19H17ClN2O2/c1-13-17(18(24-21-13)15-10-6-7-11-16(15)20)19(23)22(2)12-14-8-4-3-5-9-14/h3-11H,12H2,1-2H3. The molecule has 0 N–H and O–H groups in total. The minimum Gasteiger partial charge on any atom is -0.355 e. The highest BCUT2D eigenvalue weighted by Crippen LogP contribution is 2.32. The van der Waals surface area contributed by atoms with Crippen LogP contribution in [-0.4, -0.2) is 23.0 Å². The number of benzene rings is 2. The molecule has 0 saturated carbocycles. The number of hydrogen-bond donors (Lipinski definition) is 0. The lowest BCUT2D eigenvalue weighted by Gasteiger charge is -2.17. The molecule has 0 atom stereocenters. The fourth-order valence-electron chi connectivity index (χ4n) is 2.57. The summed E-state index contributed by atoms with van der Waals surface area (Å²) in [6.07, 6.45) is 0. The van der Waals surface area contributed by atoms with E-state index >= 15 is 0 Å². The van der Waals surface area contributed by atoms with E-state index in [9.17, 15) is 4.79 Å². The highest BCUT2D eigenvalue weighted by molar-refractivity contribution is 6.33. The summed E-state index contributed by atoms with van der Waals surface area (Å²) in [6.45, 7) is 2.26. The molecular formula is C19H17ClN2O2. The van der Waals surface area contributed by atoms with Crippen molar-refractivity contribution in [3.63, 3.8) is 0 Å². The van der Waals surface area contributed by atoms with Crippen LogP contribution in [0.25, 0.3) is 11.3 Å². The second kappa shape index (κ2) is 6.89. The Hall–Kier alpha value is -2.59. The van der Waals surface area contributed by atoms with E-state index in [1.165, 1.54) is 0 Å². The van der Waals surface area contributed by atoms with Gasteiger partial charge in [-0.3, -0.25) is 4.79 Å². The molecule has 2 aromatic carbocycles. The lowest BCUT2D eigenvalue weighted by atomic mass is 10.1. The minimum absolute atomic E-state index is 0.146. The van der Waals surface area contributed by atoms with Gasteiger partial charge in [-0.05, 0) is 24.6 Å². The number of aryl methyl sites for hydroxylation is 1. The Morgan fingerprint density at radius 1 is 1.12 bits per heavy atom. The smallest absolute Gasteiger partial charge is 0.259 e. The zero-order valence-corrected chi connectivity index (χ0v) is 14.2. The Kier molecular flexibility index (Phi) is 4.67. The third-order valence-electron chi connectivity index (χ3n) is 3.80. The number of nitrogens with zero attached hydrogens (tertiary/aromatic N) is 2. The summed E-state index contributed by atoms with van der Waals surface area (Å²) in [4.78, 5) is 14.6. The van der Waals surface area contributed by atoms with E-state index in [0.717, 1.165) is 5.56 Å². The van der Waals surface area contributed by atoms with Crippen molar-refractivity contribution in [3.8, 4) is 11.3 Å². The van der Waals surface area contributed by atoms with Gasteiger partial charge in [0.05, 0.1) is 10.7 Å². The quantitative estimate of drug-likeness (QED) is 0.698. The summed E-state index contributed by atoms with van der Waals surface area (Å²) in [5.74, 6) is 0.260. The zero-order valence-electron chi connectivity index (χ0n) is 13.5. The first-order valence-electron chi connectivity index (χ1n) is 7.58. The van der Waals surface area contributed by atoms with Gasteiger partial charge in [-0.25, -0.2) is 0 Å². The van der Waals surface area contributed by atoms with Crippen molar-refractivity contribution in [3.05, 3.63) is 76.4 Å². The van der Waals surface area contributed by atoms with Gasteiger partial charge in [0.15, 0.2) is 5.76 Å². The summed E-state index contributed by atoms with van der Waals surface area (Å²) in [5, 5.41) is 4.49. The molecule has 4 nitrogen and oxygen atoms in total. The highest BCUT2D eigenvalue weighted by atomic mass is 35.5. The molecule has 5 heteroatoms. The molecule has 0 aliphatic rings. The zero-order chi connectivity index (χ0) is 17.1. The maximum absolute atomic E-state index is 12.9. The molecule has 0 bridgehead atoms. The Labute approximate surface area is 145 Å². The van der Waals surface area contributed by atoms with Crippen LogP contribution in [0.3, 0.4) is 0 Å². The summed E-state index contributed by atoms with van der Waals surface area (Å²) < 4.78 is 5.40. The van der Waals surface area contributed by atoms with Gasteiger partial charge in [-0.15, -0.1) is 0 Å². The first-order chi connectivity index (χ1) is 11.6. The number of aromatic nitrogens is 1. The van der Waals surface area contributed by atoms with Crippen LogP contribution in [0.2, 0.25) is 5.02 Å². The van der Waals surface area contributed by atoms with E-state index in [2.05, 4.69) is 5.16 Å². The highest BCUT2D eigenvalue weighted by Gasteiger charge is 2.25. The van der Waals surface area contributed by atoms with Gasteiger partial charge in [0.2, 0.25) is 0 Å². The molecule has 0 aliphatic heterocycles. The number of hydrogen-bond acceptors (Lipinski definition) is 3. The molecule has 0 unspecified atom stereocenters. The predicted molar refractivity (Wildman–Crippen MR) is 93.9 cm³/mol. The van der Waals surface area contributed by atoms with Crippen molar-refractivity contribution < 1.29 is 9.32 Å². The van der Waals surface area contributed by atoms with E-state index in [-0.39, 0.29) is 5.91 Å². The molecule has 3 rings (SSSR count). The molecule has 0 fully saturated rings. The van der Waals surface area contributed by atoms with Gasteiger partial charge in [0.1, 0.15) is 5.56 Å². The number of rotatable bonds is 4. The van der Waals surface area contributed by atoms with Crippen molar-refractivity contribution in [1.82, 2.24) is 10.1 Å². The summed E-state index contributed by atoms with van der Waals surface area (Å²) in [5.41, 5.74) is 2.72. The molecule has 122 valence electrons. The maximum Gasteiger partial charge on any atom is 0.259 e. The van der Waals surface area contributed by atoms with Crippen molar-refractivity contribution in [2.24, 2.45) is 0 Å². The van der Waals surface area contributed by atoms with Gasteiger partial charge in [0, 0.05) is 19.2 Å². The Bertz CT molecular complexity index is 859. The number of halogens is 1. The lowest BCUT2D eigenvalue weighted by molar-refractivity contribution is 0.0784. The molecule has 1 heterocycles. The first kappa shape index (κ1) is 16.3. The van der Waals surface area contributed by atoms with E-state index < -0.39 is 0 Å². The van der Waals surface area contributed by atoms with Gasteiger partial charge in [-0.2, -0.15) is 0 Å². The summed E-state index contributed by atoms with van der Waals surface area (Å²) in [6, 6.07) is 17.1.